The summed E-state index contributed by atoms with van der Waals surface area (Å²) >= 11 is 3.43. The Balaban J connectivity index is 1.51. The normalized spacial score (nSPS) is 32.7. The van der Waals surface area contributed by atoms with Crippen molar-refractivity contribution in [3.05, 3.63) is 34.3 Å². The SMILES string of the molecule is O=C(NC1CCC(O)CC1)[C@H]1C[C@H]1c1ccc(Br)cc1. The van der Waals surface area contributed by atoms with Crippen molar-refractivity contribution in [3.8, 4) is 0 Å². The molecule has 0 radical (unpaired) electrons. The lowest BCUT2D eigenvalue weighted by atomic mass is 9.93. The van der Waals surface area contributed by atoms with Crippen molar-refractivity contribution < 1.29 is 9.90 Å². The van der Waals surface area contributed by atoms with Crippen LogP contribution in [0.5, 0.6) is 0 Å². The summed E-state index contributed by atoms with van der Waals surface area (Å²) in [6.45, 7) is 0. The van der Waals surface area contributed by atoms with Crippen LogP contribution in [0.3, 0.4) is 0 Å². The summed E-state index contributed by atoms with van der Waals surface area (Å²) in [4.78, 5) is 12.2. The standard InChI is InChI=1S/C16H20BrNO2/c17-11-3-1-10(2-4-11)14-9-15(14)16(20)18-12-5-7-13(19)8-6-12/h1-4,12-15,19H,5-9H2,(H,18,20)/t12?,13?,14-,15-/m0/s1. The fourth-order valence-corrected chi connectivity index (χ4v) is 3.36. The van der Waals surface area contributed by atoms with Gasteiger partial charge in [-0.15, -0.1) is 0 Å². The fourth-order valence-electron chi connectivity index (χ4n) is 3.09. The number of nitrogens with one attached hydrogen (secondary N) is 1. The topological polar surface area (TPSA) is 49.3 Å². The first-order chi connectivity index (χ1) is 9.63. The molecule has 0 heterocycles. The predicted molar refractivity (Wildman–Crippen MR) is 81.4 cm³/mol. The summed E-state index contributed by atoms with van der Waals surface area (Å²) in [5, 5.41) is 12.6. The Labute approximate surface area is 127 Å². The highest BCUT2D eigenvalue weighted by molar-refractivity contribution is 9.10. The van der Waals surface area contributed by atoms with Gasteiger partial charge < -0.3 is 10.4 Å². The molecule has 3 nitrogen and oxygen atoms in total. The zero-order valence-electron chi connectivity index (χ0n) is 11.4. The molecule has 0 bridgehead atoms. The molecule has 2 aliphatic rings. The van der Waals surface area contributed by atoms with E-state index in [1.54, 1.807) is 0 Å². The summed E-state index contributed by atoms with van der Waals surface area (Å²) in [7, 11) is 0. The lowest BCUT2D eigenvalue weighted by Gasteiger charge is -2.26. The Morgan fingerprint density at radius 1 is 1.15 bits per heavy atom. The molecule has 1 aromatic rings. The van der Waals surface area contributed by atoms with Crippen LogP contribution < -0.4 is 5.32 Å². The zero-order valence-corrected chi connectivity index (χ0v) is 13.0. The van der Waals surface area contributed by atoms with Gasteiger partial charge in [-0.2, -0.15) is 0 Å². The molecular weight excluding hydrogens is 318 g/mol. The van der Waals surface area contributed by atoms with Gasteiger partial charge >= 0.3 is 0 Å². The van der Waals surface area contributed by atoms with E-state index in [9.17, 15) is 9.90 Å². The van der Waals surface area contributed by atoms with Crippen LogP contribution in [0.15, 0.2) is 28.7 Å². The van der Waals surface area contributed by atoms with Gasteiger partial charge in [-0.3, -0.25) is 4.79 Å². The van der Waals surface area contributed by atoms with E-state index >= 15 is 0 Å². The van der Waals surface area contributed by atoms with Gasteiger partial charge in [-0.1, -0.05) is 28.1 Å². The highest BCUT2D eigenvalue weighted by Gasteiger charge is 2.44. The van der Waals surface area contributed by atoms with E-state index in [0.29, 0.717) is 5.92 Å². The maximum atomic E-state index is 12.2. The summed E-state index contributed by atoms with van der Waals surface area (Å²) in [6, 6.07) is 8.52. The van der Waals surface area contributed by atoms with E-state index < -0.39 is 0 Å². The van der Waals surface area contributed by atoms with Crippen molar-refractivity contribution in [2.24, 2.45) is 5.92 Å². The minimum Gasteiger partial charge on any atom is -0.393 e. The smallest absolute Gasteiger partial charge is 0.223 e. The number of aliphatic hydroxyl groups excluding tert-OH is 1. The molecule has 1 aromatic carbocycles. The van der Waals surface area contributed by atoms with E-state index in [2.05, 4.69) is 33.4 Å². The van der Waals surface area contributed by atoms with E-state index in [1.165, 1.54) is 5.56 Å². The van der Waals surface area contributed by atoms with E-state index in [4.69, 9.17) is 0 Å². The quantitative estimate of drug-likeness (QED) is 0.890. The van der Waals surface area contributed by atoms with Gasteiger partial charge in [0.25, 0.3) is 0 Å². The molecule has 0 spiro atoms. The van der Waals surface area contributed by atoms with Crippen molar-refractivity contribution in [3.63, 3.8) is 0 Å². The highest BCUT2D eigenvalue weighted by atomic mass is 79.9. The summed E-state index contributed by atoms with van der Waals surface area (Å²) < 4.78 is 1.07. The minimum atomic E-state index is -0.167. The van der Waals surface area contributed by atoms with Crippen molar-refractivity contribution in [1.82, 2.24) is 5.32 Å². The monoisotopic (exact) mass is 337 g/mol. The molecule has 2 aliphatic carbocycles. The fraction of sp³-hybridized carbons (Fsp3) is 0.562. The highest BCUT2D eigenvalue weighted by Crippen LogP contribution is 2.47. The molecule has 3 rings (SSSR count). The average Bonchev–Trinajstić information content (AvgIpc) is 3.23. The molecule has 2 fully saturated rings. The first kappa shape index (κ1) is 14.1. The Kier molecular flexibility index (Phi) is 4.13. The number of carbonyl (C=O) groups is 1. The predicted octanol–water partition coefficient (Wildman–Crippen LogP) is 2.97. The third-order valence-corrected chi connectivity index (χ3v) is 5.00. The molecule has 0 saturated heterocycles. The molecule has 2 N–H and O–H groups in total. The zero-order chi connectivity index (χ0) is 14.1. The van der Waals surface area contributed by atoms with Crippen LogP contribution in [0.2, 0.25) is 0 Å². The second kappa shape index (κ2) is 5.86. The number of hydrogen-bond acceptors (Lipinski definition) is 2. The van der Waals surface area contributed by atoms with E-state index in [-0.39, 0.29) is 24.0 Å². The third kappa shape index (κ3) is 3.23. The second-order valence-corrected chi connectivity index (χ2v) is 6.93. The van der Waals surface area contributed by atoms with Crippen LogP contribution >= 0.6 is 15.9 Å². The Bertz CT molecular complexity index is 480. The molecule has 4 heteroatoms. The maximum absolute atomic E-state index is 12.2. The van der Waals surface area contributed by atoms with Gasteiger partial charge in [0.05, 0.1) is 6.10 Å². The molecule has 108 valence electrons. The van der Waals surface area contributed by atoms with Crippen molar-refractivity contribution in [2.75, 3.05) is 0 Å². The summed E-state index contributed by atoms with van der Waals surface area (Å²) in [5.41, 5.74) is 1.26. The number of aliphatic hydroxyl groups is 1. The molecule has 1 amide bonds. The molecule has 2 saturated carbocycles. The minimum absolute atomic E-state index is 0.142. The van der Waals surface area contributed by atoms with E-state index in [1.807, 2.05) is 12.1 Å². The largest absolute Gasteiger partial charge is 0.393 e. The molecule has 2 atom stereocenters. The summed E-state index contributed by atoms with van der Waals surface area (Å²) in [5.74, 6) is 0.722. The second-order valence-electron chi connectivity index (χ2n) is 6.01. The molecule has 0 aliphatic heterocycles. The summed E-state index contributed by atoms with van der Waals surface area (Å²) in [6.07, 6.45) is 4.23. The van der Waals surface area contributed by atoms with Crippen LogP contribution in [0.1, 0.15) is 43.6 Å². The molecular formula is C16H20BrNO2. The van der Waals surface area contributed by atoms with Crippen LogP contribution in [0, 0.1) is 5.92 Å². The van der Waals surface area contributed by atoms with Crippen LogP contribution in [-0.2, 0) is 4.79 Å². The Morgan fingerprint density at radius 3 is 2.45 bits per heavy atom. The van der Waals surface area contributed by atoms with Gasteiger partial charge in [-0.25, -0.2) is 0 Å². The number of carbonyl (C=O) groups excluding carboxylic acids is 1. The lowest BCUT2D eigenvalue weighted by Crippen LogP contribution is -2.39. The van der Waals surface area contributed by atoms with Crippen molar-refractivity contribution in [2.45, 2.75) is 50.2 Å². The Morgan fingerprint density at radius 2 is 1.80 bits per heavy atom. The molecule has 0 aromatic heterocycles. The van der Waals surface area contributed by atoms with Crippen molar-refractivity contribution in [1.29, 1.82) is 0 Å². The molecule has 0 unspecified atom stereocenters. The number of rotatable bonds is 3. The first-order valence-electron chi connectivity index (χ1n) is 7.37. The number of benzene rings is 1. The third-order valence-electron chi connectivity index (χ3n) is 4.47. The lowest BCUT2D eigenvalue weighted by molar-refractivity contribution is -0.123. The van der Waals surface area contributed by atoms with Gasteiger partial charge in [-0.05, 0) is 55.7 Å². The van der Waals surface area contributed by atoms with Crippen molar-refractivity contribution >= 4 is 21.8 Å². The maximum Gasteiger partial charge on any atom is 0.223 e. The van der Waals surface area contributed by atoms with Crippen LogP contribution in [0.25, 0.3) is 0 Å². The number of halogens is 1. The molecule has 20 heavy (non-hydrogen) atoms. The van der Waals surface area contributed by atoms with Crippen LogP contribution in [-0.4, -0.2) is 23.2 Å². The van der Waals surface area contributed by atoms with Gasteiger partial charge in [0, 0.05) is 16.4 Å². The average molecular weight is 338 g/mol. The van der Waals surface area contributed by atoms with Crippen LogP contribution in [0.4, 0.5) is 0 Å². The van der Waals surface area contributed by atoms with Gasteiger partial charge in [0.2, 0.25) is 5.91 Å². The van der Waals surface area contributed by atoms with E-state index in [0.717, 1.165) is 36.6 Å². The first-order valence-corrected chi connectivity index (χ1v) is 8.16. The Hall–Kier alpha value is -0.870. The number of amides is 1. The number of hydrogen-bond donors (Lipinski definition) is 2. The van der Waals surface area contributed by atoms with Gasteiger partial charge in [0.15, 0.2) is 0 Å². The van der Waals surface area contributed by atoms with Gasteiger partial charge in [0.1, 0.15) is 0 Å².